The van der Waals surface area contributed by atoms with Gasteiger partial charge in [0.1, 0.15) is 5.82 Å². The van der Waals surface area contributed by atoms with E-state index in [-0.39, 0.29) is 11.3 Å². The molecule has 92 valence electrons. The van der Waals surface area contributed by atoms with E-state index in [1.54, 1.807) is 6.07 Å². The number of aromatic amines is 1. The van der Waals surface area contributed by atoms with Crippen molar-refractivity contribution in [2.45, 2.75) is 0 Å². The van der Waals surface area contributed by atoms with Crippen LogP contribution in [0.3, 0.4) is 0 Å². The van der Waals surface area contributed by atoms with Crippen molar-refractivity contribution >= 4 is 33.3 Å². The van der Waals surface area contributed by atoms with E-state index in [0.29, 0.717) is 10.3 Å². The molecule has 0 aliphatic rings. The highest BCUT2D eigenvalue weighted by Crippen LogP contribution is 2.25. The number of nitrogens with zero attached hydrogens (tertiary/aromatic N) is 2. The number of aromatic nitrogens is 2. The lowest BCUT2D eigenvalue weighted by molar-refractivity contribution is -0.385. The SMILES string of the molecule is O=C(Nc1ccn[nH]1)c1ccc(Br)c([N+](=O)[O-])c1. The highest BCUT2D eigenvalue weighted by molar-refractivity contribution is 9.10. The maximum Gasteiger partial charge on any atom is 0.284 e. The molecule has 0 saturated carbocycles. The van der Waals surface area contributed by atoms with Gasteiger partial charge in [-0.15, -0.1) is 0 Å². The molecular weight excluding hydrogens is 304 g/mol. The number of rotatable bonds is 3. The molecule has 0 spiro atoms. The van der Waals surface area contributed by atoms with Gasteiger partial charge < -0.3 is 5.32 Å². The minimum absolute atomic E-state index is 0.160. The number of anilines is 1. The predicted octanol–water partition coefficient (Wildman–Crippen LogP) is 2.33. The van der Waals surface area contributed by atoms with Gasteiger partial charge in [-0.1, -0.05) is 0 Å². The van der Waals surface area contributed by atoms with Crippen molar-refractivity contribution in [3.8, 4) is 0 Å². The lowest BCUT2D eigenvalue weighted by Gasteiger charge is -2.03. The average molecular weight is 311 g/mol. The Balaban J connectivity index is 2.26. The number of nitro benzene ring substituents is 1. The molecule has 0 unspecified atom stereocenters. The van der Waals surface area contributed by atoms with Crippen molar-refractivity contribution in [3.05, 3.63) is 50.6 Å². The van der Waals surface area contributed by atoms with Crippen LogP contribution in [0.2, 0.25) is 0 Å². The van der Waals surface area contributed by atoms with Gasteiger partial charge in [0.25, 0.3) is 11.6 Å². The smallest absolute Gasteiger partial charge is 0.284 e. The molecule has 0 fully saturated rings. The van der Waals surface area contributed by atoms with E-state index in [9.17, 15) is 14.9 Å². The van der Waals surface area contributed by atoms with E-state index in [0.717, 1.165) is 0 Å². The molecule has 0 atom stereocenters. The predicted molar refractivity (Wildman–Crippen MR) is 67.3 cm³/mol. The summed E-state index contributed by atoms with van der Waals surface area (Å²) < 4.78 is 0.325. The maximum atomic E-state index is 11.8. The quantitative estimate of drug-likeness (QED) is 0.671. The number of amides is 1. The summed E-state index contributed by atoms with van der Waals surface area (Å²) in [4.78, 5) is 22.0. The highest BCUT2D eigenvalue weighted by atomic mass is 79.9. The first-order valence-corrected chi connectivity index (χ1v) is 5.62. The maximum absolute atomic E-state index is 11.8. The number of carbonyl (C=O) groups is 1. The van der Waals surface area contributed by atoms with Crippen LogP contribution in [-0.2, 0) is 0 Å². The van der Waals surface area contributed by atoms with Crippen molar-refractivity contribution in [1.82, 2.24) is 10.2 Å². The summed E-state index contributed by atoms with van der Waals surface area (Å²) in [5.74, 6) is -0.0274. The second-order valence-corrected chi connectivity index (χ2v) is 4.20. The minimum Gasteiger partial charge on any atom is -0.307 e. The summed E-state index contributed by atoms with van der Waals surface area (Å²) in [7, 11) is 0. The van der Waals surface area contributed by atoms with E-state index < -0.39 is 10.8 Å². The summed E-state index contributed by atoms with van der Waals surface area (Å²) in [5, 5.41) is 19.5. The van der Waals surface area contributed by atoms with Crippen LogP contribution in [0.25, 0.3) is 0 Å². The van der Waals surface area contributed by atoms with Gasteiger partial charge in [0, 0.05) is 17.7 Å². The van der Waals surface area contributed by atoms with Crippen LogP contribution in [0, 0.1) is 10.1 Å². The zero-order valence-electron chi connectivity index (χ0n) is 8.88. The molecule has 1 aromatic heterocycles. The first-order valence-electron chi connectivity index (χ1n) is 4.82. The zero-order valence-corrected chi connectivity index (χ0v) is 10.5. The largest absolute Gasteiger partial charge is 0.307 e. The first kappa shape index (κ1) is 12.2. The van der Waals surface area contributed by atoms with Gasteiger partial charge in [-0.3, -0.25) is 20.0 Å². The summed E-state index contributed by atoms with van der Waals surface area (Å²) in [6.07, 6.45) is 1.49. The summed E-state index contributed by atoms with van der Waals surface area (Å²) in [6.45, 7) is 0. The van der Waals surface area contributed by atoms with Gasteiger partial charge in [-0.05, 0) is 28.1 Å². The Kier molecular flexibility index (Phi) is 3.38. The van der Waals surface area contributed by atoms with Gasteiger partial charge in [0.15, 0.2) is 0 Å². The van der Waals surface area contributed by atoms with Crippen molar-refractivity contribution in [1.29, 1.82) is 0 Å². The highest BCUT2D eigenvalue weighted by Gasteiger charge is 2.16. The van der Waals surface area contributed by atoms with Crippen molar-refractivity contribution in [2.24, 2.45) is 0 Å². The van der Waals surface area contributed by atoms with Crippen LogP contribution in [-0.4, -0.2) is 21.0 Å². The molecular formula is C10H7BrN4O3. The normalized spacial score (nSPS) is 10.1. The molecule has 2 aromatic rings. The number of nitro groups is 1. The molecule has 2 N–H and O–H groups in total. The van der Waals surface area contributed by atoms with Crippen LogP contribution in [0.1, 0.15) is 10.4 Å². The molecule has 0 saturated heterocycles. The molecule has 0 aliphatic heterocycles. The number of hydrogen-bond donors (Lipinski definition) is 2. The third kappa shape index (κ3) is 2.54. The molecule has 0 radical (unpaired) electrons. The monoisotopic (exact) mass is 310 g/mol. The Morgan fingerprint density at radius 3 is 2.83 bits per heavy atom. The van der Waals surface area contributed by atoms with E-state index in [2.05, 4.69) is 31.4 Å². The van der Waals surface area contributed by atoms with Crippen LogP contribution >= 0.6 is 15.9 Å². The fourth-order valence-corrected chi connectivity index (χ4v) is 1.71. The molecule has 1 aromatic carbocycles. The van der Waals surface area contributed by atoms with Crippen molar-refractivity contribution < 1.29 is 9.72 Å². The van der Waals surface area contributed by atoms with E-state index >= 15 is 0 Å². The van der Waals surface area contributed by atoms with Crippen molar-refractivity contribution in [2.75, 3.05) is 5.32 Å². The number of H-pyrrole nitrogens is 1. The summed E-state index contributed by atoms with van der Waals surface area (Å²) >= 11 is 3.05. The molecule has 7 nitrogen and oxygen atoms in total. The third-order valence-electron chi connectivity index (χ3n) is 2.15. The lowest BCUT2D eigenvalue weighted by Crippen LogP contribution is -2.12. The van der Waals surface area contributed by atoms with Crippen LogP contribution in [0.4, 0.5) is 11.5 Å². The topological polar surface area (TPSA) is 101 Å². The van der Waals surface area contributed by atoms with Crippen LogP contribution in [0.5, 0.6) is 0 Å². The average Bonchev–Trinajstić information content (AvgIpc) is 2.81. The Morgan fingerprint density at radius 2 is 2.22 bits per heavy atom. The van der Waals surface area contributed by atoms with E-state index in [1.165, 1.54) is 24.4 Å². The third-order valence-corrected chi connectivity index (χ3v) is 2.82. The molecule has 1 heterocycles. The second kappa shape index (κ2) is 4.96. The summed E-state index contributed by atoms with van der Waals surface area (Å²) in [6, 6.07) is 5.73. The van der Waals surface area contributed by atoms with Crippen molar-refractivity contribution in [3.63, 3.8) is 0 Å². The molecule has 18 heavy (non-hydrogen) atoms. The second-order valence-electron chi connectivity index (χ2n) is 3.35. The van der Waals surface area contributed by atoms with Gasteiger partial charge in [0.2, 0.25) is 0 Å². The van der Waals surface area contributed by atoms with Gasteiger partial charge in [-0.2, -0.15) is 5.10 Å². The Bertz CT molecular complexity index is 597. The first-order chi connectivity index (χ1) is 8.58. The standard InChI is InChI=1S/C10H7BrN4O3/c11-7-2-1-6(5-8(7)15(17)18)10(16)13-9-3-4-12-14-9/h1-5H,(H2,12,13,14,16). The molecule has 1 amide bonds. The van der Waals surface area contributed by atoms with Gasteiger partial charge in [-0.25, -0.2) is 0 Å². The molecule has 0 bridgehead atoms. The molecule has 2 rings (SSSR count). The van der Waals surface area contributed by atoms with Gasteiger partial charge >= 0.3 is 0 Å². The Hall–Kier alpha value is -2.22. The van der Waals surface area contributed by atoms with Crippen LogP contribution in [0.15, 0.2) is 34.9 Å². The number of nitrogens with one attached hydrogen (secondary N) is 2. The zero-order chi connectivity index (χ0) is 13.1. The molecule has 0 aliphatic carbocycles. The number of hydrogen-bond acceptors (Lipinski definition) is 4. The van der Waals surface area contributed by atoms with Gasteiger partial charge in [0.05, 0.1) is 15.6 Å². The fraction of sp³-hybridized carbons (Fsp3) is 0. The fourth-order valence-electron chi connectivity index (χ4n) is 1.31. The Labute approximate surface area is 109 Å². The number of halogens is 1. The number of carbonyl (C=O) groups excluding carboxylic acids is 1. The van der Waals surface area contributed by atoms with E-state index in [4.69, 9.17) is 0 Å². The van der Waals surface area contributed by atoms with Crippen LogP contribution < -0.4 is 5.32 Å². The lowest BCUT2D eigenvalue weighted by atomic mass is 10.2. The number of benzene rings is 1. The Morgan fingerprint density at radius 1 is 1.44 bits per heavy atom. The summed E-state index contributed by atoms with van der Waals surface area (Å²) in [5.41, 5.74) is 0.0340. The van der Waals surface area contributed by atoms with E-state index in [1.807, 2.05) is 0 Å². The molecule has 8 heteroatoms. The minimum atomic E-state index is -0.558.